The molecule has 1 saturated heterocycles. The van der Waals surface area contributed by atoms with Crippen LogP contribution in [0, 0.1) is 27.6 Å². The number of nitrogens with one attached hydrogen (secondary N) is 5. The first-order valence-electron chi connectivity index (χ1n) is 9.66. The summed E-state index contributed by atoms with van der Waals surface area (Å²) in [5.41, 5.74) is 1.64. The lowest BCUT2D eigenvalue weighted by atomic mass is 9.90. The van der Waals surface area contributed by atoms with Gasteiger partial charge in [-0.25, -0.2) is 0 Å². The van der Waals surface area contributed by atoms with Gasteiger partial charge in [-0.05, 0) is 75.7 Å². The van der Waals surface area contributed by atoms with Crippen LogP contribution < -0.4 is 10.6 Å². The highest BCUT2D eigenvalue weighted by Gasteiger charge is 2.54. The minimum Gasteiger partial charge on any atom is -0.393 e. The molecule has 1 aliphatic carbocycles. The van der Waals surface area contributed by atoms with Gasteiger partial charge in [0.15, 0.2) is 0 Å². The van der Waals surface area contributed by atoms with Crippen LogP contribution in [0.2, 0.25) is 0 Å². The highest BCUT2D eigenvalue weighted by Crippen LogP contribution is 2.58. The van der Waals surface area contributed by atoms with E-state index in [1.807, 2.05) is 0 Å². The second-order valence-electron chi connectivity index (χ2n) is 7.62. The molecule has 6 nitrogen and oxygen atoms in total. The monoisotopic (exact) mass is 358 g/mol. The van der Waals surface area contributed by atoms with Gasteiger partial charge in [-0.15, -0.1) is 0 Å². The molecule has 144 valence electrons. The van der Waals surface area contributed by atoms with Gasteiger partial charge in [0.1, 0.15) is 5.84 Å². The zero-order valence-corrected chi connectivity index (χ0v) is 16.4. The van der Waals surface area contributed by atoms with E-state index in [1.165, 1.54) is 45.3 Å². The molecule has 5 N–H and O–H groups in total. The maximum absolute atomic E-state index is 8.05. The number of likely N-dealkylation sites (tertiary alicyclic amines) is 1. The van der Waals surface area contributed by atoms with E-state index in [1.54, 1.807) is 32.3 Å². The van der Waals surface area contributed by atoms with Crippen LogP contribution in [0.15, 0.2) is 23.9 Å². The molecule has 0 bridgehead atoms. The van der Waals surface area contributed by atoms with Gasteiger partial charge < -0.3 is 26.4 Å². The smallest absolute Gasteiger partial charge is 0.118 e. The van der Waals surface area contributed by atoms with Gasteiger partial charge in [0.2, 0.25) is 0 Å². The van der Waals surface area contributed by atoms with Crippen molar-refractivity contribution in [1.82, 2.24) is 15.5 Å². The van der Waals surface area contributed by atoms with Crippen molar-refractivity contribution in [3.05, 3.63) is 23.9 Å². The summed E-state index contributed by atoms with van der Waals surface area (Å²) in [6, 6.07) is 0. The summed E-state index contributed by atoms with van der Waals surface area (Å²) in [5, 5.41) is 29.9. The molecule has 1 aliphatic heterocycles. The Kier molecular flexibility index (Phi) is 7.14. The van der Waals surface area contributed by atoms with Crippen molar-refractivity contribution in [2.24, 2.45) is 11.3 Å². The van der Waals surface area contributed by atoms with Crippen molar-refractivity contribution < 1.29 is 0 Å². The second kappa shape index (κ2) is 9.12. The van der Waals surface area contributed by atoms with E-state index in [2.05, 4.69) is 22.5 Å². The summed E-state index contributed by atoms with van der Waals surface area (Å²) in [6.07, 6.45) is 9.96. The molecule has 1 heterocycles. The van der Waals surface area contributed by atoms with E-state index >= 15 is 0 Å². The lowest BCUT2D eigenvalue weighted by Crippen LogP contribution is -2.36. The third kappa shape index (κ3) is 5.27. The Morgan fingerprint density at radius 2 is 1.88 bits per heavy atom. The fraction of sp³-hybridized carbons (Fsp3) is 0.650. The SMILES string of the molecule is CCCN1CCC2(CC1)CC2CNC(=N)/C=C\C(=N)/C(=C/NC)C(C)=N. The molecule has 0 aromatic rings. The fourth-order valence-corrected chi connectivity index (χ4v) is 3.95. The van der Waals surface area contributed by atoms with Gasteiger partial charge >= 0.3 is 0 Å². The molecule has 1 atom stereocenters. The van der Waals surface area contributed by atoms with Gasteiger partial charge in [0, 0.05) is 31.1 Å². The average Bonchev–Trinajstić information content (AvgIpc) is 3.30. The molecule has 1 spiro atoms. The molecule has 26 heavy (non-hydrogen) atoms. The van der Waals surface area contributed by atoms with Gasteiger partial charge in [-0.3, -0.25) is 5.41 Å². The van der Waals surface area contributed by atoms with E-state index < -0.39 is 0 Å². The summed E-state index contributed by atoms with van der Waals surface area (Å²) < 4.78 is 0. The van der Waals surface area contributed by atoms with Crippen LogP contribution in [0.1, 0.15) is 39.5 Å². The van der Waals surface area contributed by atoms with Crippen LogP contribution in [0.5, 0.6) is 0 Å². The maximum atomic E-state index is 8.05. The molecular formula is C20H34N6. The fourth-order valence-electron chi connectivity index (χ4n) is 3.95. The Bertz CT molecular complexity index is 595. The number of piperidine rings is 1. The van der Waals surface area contributed by atoms with Crippen LogP contribution in [0.25, 0.3) is 0 Å². The molecule has 0 amide bonds. The molecule has 0 aromatic carbocycles. The quantitative estimate of drug-likeness (QED) is 0.324. The van der Waals surface area contributed by atoms with Crippen molar-refractivity contribution in [2.75, 3.05) is 33.2 Å². The highest BCUT2D eigenvalue weighted by atomic mass is 15.1. The molecule has 0 aromatic heterocycles. The molecule has 1 saturated carbocycles. The zero-order valence-electron chi connectivity index (χ0n) is 16.4. The minimum absolute atomic E-state index is 0.240. The van der Waals surface area contributed by atoms with Crippen LogP contribution in [-0.2, 0) is 0 Å². The predicted octanol–water partition coefficient (Wildman–Crippen LogP) is 2.78. The number of nitrogens with zero attached hydrogens (tertiary/aromatic N) is 1. The number of allylic oxidation sites excluding steroid dienone is 2. The number of hydrogen-bond donors (Lipinski definition) is 5. The van der Waals surface area contributed by atoms with Crippen molar-refractivity contribution in [1.29, 1.82) is 16.2 Å². The minimum atomic E-state index is 0.240. The number of hydrogen-bond acceptors (Lipinski definition) is 5. The van der Waals surface area contributed by atoms with Gasteiger partial charge in [0.05, 0.1) is 5.71 Å². The summed E-state index contributed by atoms with van der Waals surface area (Å²) in [4.78, 5) is 2.58. The summed E-state index contributed by atoms with van der Waals surface area (Å²) >= 11 is 0. The third-order valence-electron chi connectivity index (χ3n) is 5.69. The van der Waals surface area contributed by atoms with E-state index in [9.17, 15) is 0 Å². The topological polar surface area (TPSA) is 98.8 Å². The first-order valence-corrected chi connectivity index (χ1v) is 9.66. The Hall–Kier alpha value is -1.95. The summed E-state index contributed by atoms with van der Waals surface area (Å²) in [7, 11) is 1.75. The van der Waals surface area contributed by atoms with Crippen LogP contribution in [0.4, 0.5) is 0 Å². The third-order valence-corrected chi connectivity index (χ3v) is 5.69. The van der Waals surface area contributed by atoms with E-state index in [-0.39, 0.29) is 5.71 Å². The highest BCUT2D eigenvalue weighted by molar-refractivity contribution is 6.26. The molecule has 1 unspecified atom stereocenters. The standard InChI is InChI=1S/C20H34N6/c1-4-9-26-10-7-20(8-11-26)12-16(20)13-25-19(23)6-5-18(22)17(14-24-3)15(2)21/h5-6,14,16,21-22,24H,4,7-13H2,1-3H3,(H2,23,25)/b6-5-,17-14+,21-15?,22-18?. The van der Waals surface area contributed by atoms with Gasteiger partial charge in [0.25, 0.3) is 0 Å². The van der Waals surface area contributed by atoms with Crippen molar-refractivity contribution in [3.8, 4) is 0 Å². The van der Waals surface area contributed by atoms with Crippen LogP contribution in [0.3, 0.4) is 0 Å². The van der Waals surface area contributed by atoms with Crippen LogP contribution in [-0.4, -0.2) is 55.4 Å². The molecular weight excluding hydrogens is 324 g/mol. The largest absolute Gasteiger partial charge is 0.393 e. The van der Waals surface area contributed by atoms with Crippen molar-refractivity contribution >= 4 is 17.3 Å². The first kappa shape index (κ1) is 20.4. The van der Waals surface area contributed by atoms with E-state index in [0.717, 1.165) is 6.54 Å². The summed E-state index contributed by atoms with van der Waals surface area (Å²) in [6.45, 7) is 8.43. The molecule has 2 rings (SSSR count). The van der Waals surface area contributed by atoms with E-state index in [4.69, 9.17) is 16.2 Å². The predicted molar refractivity (Wildman–Crippen MR) is 110 cm³/mol. The Morgan fingerprint density at radius 3 is 2.46 bits per heavy atom. The Labute approximate surface area is 157 Å². The lowest BCUT2D eigenvalue weighted by Gasteiger charge is -2.32. The molecule has 0 radical (unpaired) electrons. The molecule has 6 heteroatoms. The Morgan fingerprint density at radius 1 is 1.19 bits per heavy atom. The van der Waals surface area contributed by atoms with Crippen molar-refractivity contribution in [2.45, 2.75) is 39.5 Å². The molecule has 2 aliphatic rings. The average molecular weight is 359 g/mol. The normalized spacial score (nSPS) is 22.4. The first-order chi connectivity index (χ1) is 12.4. The number of amidine groups is 1. The molecule has 2 fully saturated rings. The van der Waals surface area contributed by atoms with Gasteiger partial charge in [-0.1, -0.05) is 6.92 Å². The zero-order chi connectivity index (χ0) is 19.2. The summed E-state index contributed by atoms with van der Waals surface area (Å²) in [5.74, 6) is 1.02. The van der Waals surface area contributed by atoms with Crippen LogP contribution >= 0.6 is 0 Å². The van der Waals surface area contributed by atoms with E-state index in [0.29, 0.717) is 28.5 Å². The maximum Gasteiger partial charge on any atom is 0.118 e. The van der Waals surface area contributed by atoms with Crippen molar-refractivity contribution in [3.63, 3.8) is 0 Å². The number of rotatable bonds is 9. The van der Waals surface area contributed by atoms with Gasteiger partial charge in [-0.2, -0.15) is 0 Å². The second-order valence-corrected chi connectivity index (χ2v) is 7.62. The Balaban J connectivity index is 1.74. The lowest BCUT2D eigenvalue weighted by molar-refractivity contribution is 0.163.